The summed E-state index contributed by atoms with van der Waals surface area (Å²) in [4.78, 5) is 30.2. The van der Waals surface area contributed by atoms with Crippen molar-refractivity contribution in [2.75, 3.05) is 41.7 Å². The van der Waals surface area contributed by atoms with E-state index in [-0.39, 0.29) is 11.9 Å². The highest BCUT2D eigenvalue weighted by atomic mass is 16.2. The van der Waals surface area contributed by atoms with Crippen molar-refractivity contribution in [2.45, 2.75) is 39.0 Å². The number of carbonyl (C=O) groups is 2. The zero-order valence-corrected chi connectivity index (χ0v) is 18.3. The Morgan fingerprint density at radius 2 is 1.52 bits per heavy atom. The van der Waals surface area contributed by atoms with Gasteiger partial charge in [0, 0.05) is 43.2 Å². The van der Waals surface area contributed by atoms with Gasteiger partial charge in [0.1, 0.15) is 0 Å². The van der Waals surface area contributed by atoms with Crippen LogP contribution in [0.3, 0.4) is 0 Å². The quantitative estimate of drug-likeness (QED) is 0.715. The minimum Gasteiger partial charge on any atom is -0.371 e. The van der Waals surface area contributed by atoms with Crippen LogP contribution in [0.5, 0.6) is 0 Å². The topological polar surface area (TPSA) is 64.7 Å². The van der Waals surface area contributed by atoms with Gasteiger partial charge in [0.05, 0.1) is 5.56 Å². The first kappa shape index (κ1) is 21.2. The molecule has 2 aliphatic heterocycles. The van der Waals surface area contributed by atoms with Crippen LogP contribution in [0.2, 0.25) is 0 Å². The van der Waals surface area contributed by atoms with Crippen LogP contribution in [-0.2, 0) is 0 Å². The largest absolute Gasteiger partial charge is 0.371 e. The Kier molecular flexibility index (Phi) is 6.75. The summed E-state index contributed by atoms with van der Waals surface area (Å²) >= 11 is 0. The highest BCUT2D eigenvalue weighted by Crippen LogP contribution is 2.29. The minimum absolute atomic E-state index is 0.0691. The summed E-state index contributed by atoms with van der Waals surface area (Å²) in [5.41, 5.74) is 3.03. The van der Waals surface area contributed by atoms with E-state index < -0.39 is 0 Å². The van der Waals surface area contributed by atoms with E-state index in [9.17, 15) is 9.59 Å². The first-order valence-electron chi connectivity index (χ1n) is 11.4. The average Bonchev–Trinajstić information content (AvgIpc) is 2.80. The van der Waals surface area contributed by atoms with Crippen molar-refractivity contribution in [2.24, 2.45) is 5.92 Å². The maximum atomic E-state index is 13.5. The fraction of sp³-hybridized carbons (Fsp3) is 0.440. The van der Waals surface area contributed by atoms with Gasteiger partial charge in [-0.05, 0) is 68.4 Å². The summed E-state index contributed by atoms with van der Waals surface area (Å²) < 4.78 is 0. The van der Waals surface area contributed by atoms with Crippen LogP contribution in [-0.4, -0.2) is 43.0 Å². The number of hydrogen-bond donors (Lipinski definition) is 2. The average molecular weight is 421 g/mol. The molecule has 0 saturated carbocycles. The molecular weight excluding hydrogens is 388 g/mol. The van der Waals surface area contributed by atoms with Crippen molar-refractivity contribution in [3.63, 3.8) is 0 Å². The van der Waals surface area contributed by atoms with Crippen molar-refractivity contribution in [1.29, 1.82) is 0 Å². The van der Waals surface area contributed by atoms with Crippen LogP contribution in [0.15, 0.2) is 48.5 Å². The molecule has 2 fully saturated rings. The highest BCUT2D eigenvalue weighted by Gasteiger charge is 2.26. The Morgan fingerprint density at radius 1 is 0.839 bits per heavy atom. The van der Waals surface area contributed by atoms with Crippen LogP contribution >= 0.6 is 0 Å². The van der Waals surface area contributed by atoms with E-state index in [1.807, 2.05) is 53.4 Å². The lowest BCUT2D eigenvalue weighted by atomic mass is 9.98. The molecule has 2 N–H and O–H groups in total. The molecule has 31 heavy (non-hydrogen) atoms. The molecule has 164 valence electrons. The molecule has 2 aromatic rings. The van der Waals surface area contributed by atoms with Crippen LogP contribution in [0.4, 0.5) is 21.9 Å². The molecule has 0 aliphatic carbocycles. The number of nitrogens with zero attached hydrogens (tertiary/aromatic N) is 2. The fourth-order valence-electron chi connectivity index (χ4n) is 4.39. The van der Waals surface area contributed by atoms with Gasteiger partial charge in [-0.15, -0.1) is 0 Å². The molecule has 6 nitrogen and oxygen atoms in total. The standard InChI is InChI=1S/C25H32N4O2/c1-19-12-16-29(17-13-19)24(30)22-18-21(10-11-23(22)28-14-6-3-7-15-28)27-25(31)26-20-8-4-2-5-9-20/h2,4-5,8-11,18-19H,3,6-7,12-17H2,1H3,(H2,26,27,31). The van der Waals surface area contributed by atoms with Crippen molar-refractivity contribution < 1.29 is 9.59 Å². The number of para-hydroxylation sites is 1. The predicted molar refractivity (Wildman–Crippen MR) is 126 cm³/mol. The molecule has 2 saturated heterocycles. The first-order valence-corrected chi connectivity index (χ1v) is 11.4. The van der Waals surface area contributed by atoms with Crippen molar-refractivity contribution >= 4 is 29.0 Å². The molecule has 0 radical (unpaired) electrons. The van der Waals surface area contributed by atoms with E-state index in [0.717, 1.165) is 63.2 Å². The van der Waals surface area contributed by atoms with Gasteiger partial charge in [-0.25, -0.2) is 4.79 Å². The number of carbonyl (C=O) groups excluding carboxylic acids is 2. The highest BCUT2D eigenvalue weighted by molar-refractivity contribution is 6.04. The zero-order chi connectivity index (χ0) is 21.6. The third kappa shape index (κ3) is 5.37. The lowest BCUT2D eigenvalue weighted by Gasteiger charge is -2.34. The molecule has 4 rings (SSSR count). The van der Waals surface area contributed by atoms with Crippen molar-refractivity contribution in [3.8, 4) is 0 Å². The smallest absolute Gasteiger partial charge is 0.323 e. The number of nitrogens with one attached hydrogen (secondary N) is 2. The van der Waals surface area contributed by atoms with Gasteiger partial charge in [-0.3, -0.25) is 4.79 Å². The maximum Gasteiger partial charge on any atom is 0.323 e. The van der Waals surface area contributed by atoms with Gasteiger partial charge in [0.2, 0.25) is 0 Å². The summed E-state index contributed by atoms with van der Waals surface area (Å²) in [5.74, 6) is 0.736. The van der Waals surface area contributed by atoms with Crippen LogP contribution in [0, 0.1) is 5.92 Å². The molecule has 0 aromatic heterocycles. The monoisotopic (exact) mass is 420 g/mol. The van der Waals surface area contributed by atoms with Crippen molar-refractivity contribution in [3.05, 3.63) is 54.1 Å². The Hall–Kier alpha value is -3.02. The number of benzene rings is 2. The molecule has 0 unspecified atom stereocenters. The number of anilines is 3. The zero-order valence-electron chi connectivity index (χ0n) is 18.3. The second kappa shape index (κ2) is 9.86. The summed E-state index contributed by atoms with van der Waals surface area (Å²) in [6.07, 6.45) is 5.62. The van der Waals surface area contributed by atoms with Crippen LogP contribution in [0.1, 0.15) is 49.4 Å². The van der Waals surface area contributed by atoms with E-state index in [0.29, 0.717) is 17.2 Å². The van der Waals surface area contributed by atoms with Gasteiger partial charge in [0.25, 0.3) is 5.91 Å². The van der Waals surface area contributed by atoms with Gasteiger partial charge in [-0.2, -0.15) is 0 Å². The molecule has 6 heteroatoms. The lowest BCUT2D eigenvalue weighted by Crippen LogP contribution is -2.39. The van der Waals surface area contributed by atoms with E-state index in [2.05, 4.69) is 22.5 Å². The number of piperidine rings is 2. The molecule has 3 amide bonds. The normalized spacial score (nSPS) is 17.3. The molecule has 0 spiro atoms. The Labute approximate surface area is 184 Å². The molecule has 0 bridgehead atoms. The summed E-state index contributed by atoms with van der Waals surface area (Å²) in [5, 5.41) is 5.72. The number of rotatable bonds is 4. The molecule has 0 atom stereocenters. The second-order valence-electron chi connectivity index (χ2n) is 8.70. The van der Waals surface area contributed by atoms with E-state index in [4.69, 9.17) is 0 Å². The molecule has 2 aliphatic rings. The minimum atomic E-state index is -0.317. The number of amides is 3. The summed E-state index contributed by atoms with van der Waals surface area (Å²) in [6.45, 7) is 5.78. The van der Waals surface area contributed by atoms with Gasteiger partial charge in [-0.1, -0.05) is 25.1 Å². The van der Waals surface area contributed by atoms with Crippen molar-refractivity contribution in [1.82, 2.24) is 4.90 Å². The molecule has 2 heterocycles. The predicted octanol–water partition coefficient (Wildman–Crippen LogP) is 5.19. The van der Waals surface area contributed by atoms with Crippen LogP contribution < -0.4 is 15.5 Å². The first-order chi connectivity index (χ1) is 15.1. The SMILES string of the molecule is CC1CCN(C(=O)c2cc(NC(=O)Nc3ccccc3)ccc2N2CCCCC2)CC1. The van der Waals surface area contributed by atoms with E-state index >= 15 is 0 Å². The molecule has 2 aromatic carbocycles. The Bertz CT molecular complexity index is 901. The van der Waals surface area contributed by atoms with Crippen LogP contribution in [0.25, 0.3) is 0 Å². The Balaban J connectivity index is 1.55. The number of urea groups is 1. The third-order valence-corrected chi connectivity index (χ3v) is 6.28. The van der Waals surface area contributed by atoms with Gasteiger partial charge < -0.3 is 20.4 Å². The summed E-state index contributed by atoms with van der Waals surface area (Å²) in [7, 11) is 0. The lowest BCUT2D eigenvalue weighted by molar-refractivity contribution is 0.0698. The molecular formula is C25H32N4O2. The van der Waals surface area contributed by atoms with Gasteiger partial charge >= 0.3 is 6.03 Å². The summed E-state index contributed by atoms with van der Waals surface area (Å²) in [6, 6.07) is 14.7. The maximum absolute atomic E-state index is 13.5. The fourth-order valence-corrected chi connectivity index (χ4v) is 4.39. The third-order valence-electron chi connectivity index (χ3n) is 6.28. The van der Waals surface area contributed by atoms with Gasteiger partial charge in [0.15, 0.2) is 0 Å². The second-order valence-corrected chi connectivity index (χ2v) is 8.70. The number of hydrogen-bond acceptors (Lipinski definition) is 3. The van der Waals surface area contributed by atoms with E-state index in [1.54, 1.807) is 0 Å². The Morgan fingerprint density at radius 3 is 2.23 bits per heavy atom. The van der Waals surface area contributed by atoms with E-state index in [1.165, 1.54) is 6.42 Å². The number of likely N-dealkylation sites (tertiary alicyclic amines) is 1.